The maximum Gasteiger partial charge on any atom is 0.312 e. The van der Waals surface area contributed by atoms with E-state index in [0.717, 1.165) is 5.56 Å². The molecule has 5 nitrogen and oxygen atoms in total. The molecule has 6 heteroatoms. The molecule has 0 saturated heterocycles. The fourth-order valence-electron chi connectivity index (χ4n) is 3.88. The monoisotopic (exact) mass is 402 g/mol. The molecule has 1 aromatic heterocycles. The third kappa shape index (κ3) is 2.93. The third-order valence-corrected chi connectivity index (χ3v) is 5.33. The van der Waals surface area contributed by atoms with Gasteiger partial charge in [0.05, 0.1) is 17.4 Å². The molecule has 148 valence electrons. The number of halogens is 1. The SMILES string of the molecule is O=C1C[C@@H](c2ccc(O)cc2)c2c(ccc3c(=O)c(-c4ccc(F)cc4)coc23)O1. The average Bonchev–Trinajstić information content (AvgIpc) is 2.74. The van der Waals surface area contributed by atoms with Crippen molar-refractivity contribution in [2.24, 2.45) is 0 Å². The minimum atomic E-state index is -0.392. The van der Waals surface area contributed by atoms with E-state index in [1.807, 2.05) is 0 Å². The number of esters is 1. The van der Waals surface area contributed by atoms with Crippen molar-refractivity contribution in [1.82, 2.24) is 0 Å². The van der Waals surface area contributed by atoms with E-state index in [0.29, 0.717) is 33.4 Å². The highest BCUT2D eigenvalue weighted by Gasteiger charge is 2.32. The topological polar surface area (TPSA) is 76.7 Å². The van der Waals surface area contributed by atoms with Crippen LogP contribution in [0.1, 0.15) is 23.5 Å². The molecule has 0 bridgehead atoms. The first-order valence-corrected chi connectivity index (χ1v) is 9.35. The van der Waals surface area contributed by atoms with Crippen molar-refractivity contribution >= 4 is 16.9 Å². The van der Waals surface area contributed by atoms with Crippen LogP contribution < -0.4 is 10.2 Å². The van der Waals surface area contributed by atoms with Gasteiger partial charge < -0.3 is 14.3 Å². The lowest BCUT2D eigenvalue weighted by Crippen LogP contribution is -2.22. The van der Waals surface area contributed by atoms with Crippen molar-refractivity contribution in [1.29, 1.82) is 0 Å². The zero-order valence-corrected chi connectivity index (χ0v) is 15.6. The molecule has 0 aliphatic carbocycles. The number of carbonyl (C=O) groups excluding carboxylic acids is 1. The highest BCUT2D eigenvalue weighted by molar-refractivity contribution is 5.90. The standard InChI is InChI=1S/C24H15FO5/c25-15-5-1-14(2-6-15)19-12-29-24-17(23(19)28)9-10-20-22(24)18(11-21(27)30-20)13-3-7-16(26)8-4-13/h1-10,12,18,26H,11H2/t18-/m0/s1. The Morgan fingerprint density at radius 2 is 1.67 bits per heavy atom. The molecule has 2 heterocycles. The molecule has 1 aliphatic heterocycles. The smallest absolute Gasteiger partial charge is 0.312 e. The highest BCUT2D eigenvalue weighted by Crippen LogP contribution is 2.43. The average molecular weight is 402 g/mol. The number of phenolic OH excluding ortho intramolecular Hbond substituents is 1. The summed E-state index contributed by atoms with van der Waals surface area (Å²) in [4.78, 5) is 25.3. The maximum atomic E-state index is 13.2. The number of phenols is 1. The lowest BCUT2D eigenvalue weighted by Gasteiger charge is -2.25. The molecule has 0 fully saturated rings. The zero-order valence-electron chi connectivity index (χ0n) is 15.6. The zero-order chi connectivity index (χ0) is 20.8. The Hall–Kier alpha value is -3.93. The molecule has 1 atom stereocenters. The fraction of sp³-hybridized carbons (Fsp3) is 0.0833. The lowest BCUT2D eigenvalue weighted by molar-refractivity contribution is -0.135. The summed E-state index contributed by atoms with van der Waals surface area (Å²) < 4.78 is 24.5. The van der Waals surface area contributed by atoms with Crippen LogP contribution >= 0.6 is 0 Å². The van der Waals surface area contributed by atoms with E-state index in [9.17, 15) is 19.1 Å². The van der Waals surface area contributed by atoms with Crippen molar-refractivity contribution in [2.45, 2.75) is 12.3 Å². The van der Waals surface area contributed by atoms with Crippen LogP contribution in [0.3, 0.4) is 0 Å². The van der Waals surface area contributed by atoms with Crippen LogP contribution in [0.25, 0.3) is 22.1 Å². The summed E-state index contributed by atoms with van der Waals surface area (Å²) in [6, 6.07) is 15.3. The van der Waals surface area contributed by atoms with Crippen molar-refractivity contribution < 1.29 is 23.4 Å². The molecule has 0 radical (unpaired) electrons. The molecule has 0 spiro atoms. The van der Waals surface area contributed by atoms with E-state index in [2.05, 4.69) is 0 Å². The number of ether oxygens (including phenoxy) is 1. The molecule has 5 rings (SSSR count). The van der Waals surface area contributed by atoms with Crippen LogP contribution in [0.15, 0.2) is 76.1 Å². The van der Waals surface area contributed by atoms with E-state index >= 15 is 0 Å². The van der Waals surface area contributed by atoms with Crippen LogP contribution in [0.2, 0.25) is 0 Å². The lowest BCUT2D eigenvalue weighted by atomic mass is 9.85. The van der Waals surface area contributed by atoms with Gasteiger partial charge in [-0.15, -0.1) is 0 Å². The van der Waals surface area contributed by atoms with Gasteiger partial charge in [0.25, 0.3) is 0 Å². The Bertz CT molecular complexity index is 1340. The summed E-state index contributed by atoms with van der Waals surface area (Å²) in [6.07, 6.45) is 1.43. The van der Waals surface area contributed by atoms with E-state index in [4.69, 9.17) is 9.15 Å². The number of carbonyl (C=O) groups is 1. The second-order valence-corrected chi connectivity index (χ2v) is 7.16. The minimum absolute atomic E-state index is 0.0836. The summed E-state index contributed by atoms with van der Waals surface area (Å²) in [5.74, 6) is -0.701. The molecule has 3 aromatic carbocycles. The van der Waals surface area contributed by atoms with Crippen LogP contribution in [-0.4, -0.2) is 11.1 Å². The molecule has 0 amide bonds. The largest absolute Gasteiger partial charge is 0.508 e. The van der Waals surface area contributed by atoms with Crippen LogP contribution in [-0.2, 0) is 4.79 Å². The van der Waals surface area contributed by atoms with Crippen molar-refractivity contribution in [3.8, 4) is 22.6 Å². The molecule has 4 aromatic rings. The van der Waals surface area contributed by atoms with Gasteiger partial charge in [-0.3, -0.25) is 9.59 Å². The normalized spacial score (nSPS) is 15.6. The minimum Gasteiger partial charge on any atom is -0.508 e. The second kappa shape index (κ2) is 6.84. The Kier molecular flexibility index (Phi) is 4.13. The van der Waals surface area contributed by atoms with Gasteiger partial charge >= 0.3 is 5.97 Å². The predicted octanol–water partition coefficient (Wildman–Crippen LogP) is 4.75. The van der Waals surface area contributed by atoms with Gasteiger partial charge in [-0.1, -0.05) is 24.3 Å². The number of hydrogen-bond donors (Lipinski definition) is 1. The first-order valence-electron chi connectivity index (χ1n) is 9.35. The van der Waals surface area contributed by atoms with Gasteiger partial charge in [0.2, 0.25) is 5.43 Å². The Morgan fingerprint density at radius 3 is 2.40 bits per heavy atom. The number of hydrogen-bond acceptors (Lipinski definition) is 5. The maximum absolute atomic E-state index is 13.2. The van der Waals surface area contributed by atoms with Gasteiger partial charge in [-0.05, 0) is 47.5 Å². The van der Waals surface area contributed by atoms with Gasteiger partial charge in [0.1, 0.15) is 29.2 Å². The Labute approximate surface area is 170 Å². The van der Waals surface area contributed by atoms with Crippen LogP contribution in [0, 0.1) is 5.82 Å². The number of fused-ring (bicyclic) bond motifs is 3. The van der Waals surface area contributed by atoms with Crippen LogP contribution in [0.5, 0.6) is 11.5 Å². The highest BCUT2D eigenvalue weighted by atomic mass is 19.1. The van der Waals surface area contributed by atoms with Crippen LogP contribution in [0.4, 0.5) is 4.39 Å². The van der Waals surface area contributed by atoms with Gasteiger partial charge in [-0.25, -0.2) is 4.39 Å². The second-order valence-electron chi connectivity index (χ2n) is 7.16. The number of rotatable bonds is 2. The van der Waals surface area contributed by atoms with Crippen molar-refractivity contribution in [3.63, 3.8) is 0 Å². The Balaban J connectivity index is 1.72. The molecular weight excluding hydrogens is 387 g/mol. The molecule has 1 aliphatic rings. The van der Waals surface area contributed by atoms with Gasteiger partial charge in [-0.2, -0.15) is 0 Å². The Morgan fingerprint density at radius 1 is 0.933 bits per heavy atom. The third-order valence-electron chi connectivity index (χ3n) is 5.33. The van der Waals surface area contributed by atoms with E-state index in [1.165, 1.54) is 30.5 Å². The van der Waals surface area contributed by atoms with E-state index in [-0.39, 0.29) is 29.5 Å². The number of aromatic hydroxyl groups is 1. The van der Waals surface area contributed by atoms with E-state index < -0.39 is 5.82 Å². The molecule has 0 saturated carbocycles. The summed E-state index contributed by atoms with van der Waals surface area (Å²) in [5, 5.41) is 9.94. The molecule has 30 heavy (non-hydrogen) atoms. The molecule has 0 unspecified atom stereocenters. The van der Waals surface area contributed by atoms with E-state index in [1.54, 1.807) is 36.4 Å². The van der Waals surface area contributed by atoms with Gasteiger partial charge in [0, 0.05) is 11.5 Å². The first kappa shape index (κ1) is 18.1. The molecule has 1 N–H and O–H groups in total. The van der Waals surface area contributed by atoms with Crippen molar-refractivity contribution in [2.75, 3.05) is 0 Å². The van der Waals surface area contributed by atoms with Crippen molar-refractivity contribution in [3.05, 3.63) is 94.1 Å². The summed E-state index contributed by atoms with van der Waals surface area (Å²) in [6.45, 7) is 0. The first-order chi connectivity index (χ1) is 14.5. The fourth-order valence-corrected chi connectivity index (χ4v) is 3.88. The molecular formula is C24H15FO5. The summed E-state index contributed by atoms with van der Waals surface area (Å²) in [7, 11) is 0. The summed E-state index contributed by atoms with van der Waals surface area (Å²) in [5.41, 5.74) is 2.35. The summed E-state index contributed by atoms with van der Waals surface area (Å²) >= 11 is 0. The predicted molar refractivity (Wildman–Crippen MR) is 108 cm³/mol. The van der Waals surface area contributed by atoms with Gasteiger partial charge in [0.15, 0.2) is 0 Å². The quantitative estimate of drug-likeness (QED) is 0.387. The number of benzene rings is 3.